The van der Waals surface area contributed by atoms with Gasteiger partial charge in [0, 0.05) is 0 Å². The molecule has 0 bridgehead atoms. The summed E-state index contributed by atoms with van der Waals surface area (Å²) < 4.78 is 4.80. The molecule has 0 fully saturated rings. The number of rotatable bonds is 9. The van der Waals surface area contributed by atoms with E-state index in [9.17, 15) is 19.2 Å². The van der Waals surface area contributed by atoms with Crippen LogP contribution in [0.5, 0.6) is 0 Å². The average molecular weight is 293 g/mol. The first-order valence-electron chi connectivity index (χ1n) is 5.34. The molecule has 0 spiro atoms. The lowest BCUT2D eigenvalue weighted by Gasteiger charge is -2.31. The second-order valence-corrected chi connectivity index (χ2v) is 4.12. The maximum atomic E-state index is 11.0. The molecule has 10 nitrogen and oxygen atoms in total. The van der Waals surface area contributed by atoms with Crippen LogP contribution in [-0.2, 0) is 23.9 Å². The Morgan fingerprint density at radius 3 is 1.90 bits per heavy atom. The maximum Gasteiger partial charge on any atom is 0.333 e. The third-order valence-corrected chi connectivity index (χ3v) is 2.57. The van der Waals surface area contributed by atoms with E-state index in [0.717, 1.165) is 6.92 Å². The molecule has 0 radical (unpaired) electrons. The van der Waals surface area contributed by atoms with Crippen molar-refractivity contribution in [1.82, 2.24) is 0 Å². The molecule has 0 aromatic heterocycles. The number of carboxylic acids is 4. The predicted octanol–water partition coefficient (Wildman–Crippen LogP) is -1.42. The summed E-state index contributed by atoms with van der Waals surface area (Å²) in [4.78, 5) is 42.9. The van der Waals surface area contributed by atoms with E-state index >= 15 is 0 Å². The van der Waals surface area contributed by atoms with Crippen molar-refractivity contribution in [3.8, 4) is 0 Å². The van der Waals surface area contributed by atoms with E-state index in [-0.39, 0.29) is 0 Å². The van der Waals surface area contributed by atoms with E-state index in [4.69, 9.17) is 30.9 Å². The summed E-state index contributed by atoms with van der Waals surface area (Å²) >= 11 is 0. The molecule has 0 aliphatic carbocycles. The van der Waals surface area contributed by atoms with Gasteiger partial charge in [0.1, 0.15) is 0 Å². The lowest BCUT2D eigenvalue weighted by molar-refractivity contribution is -0.170. The highest BCUT2D eigenvalue weighted by Gasteiger charge is 2.44. The van der Waals surface area contributed by atoms with Gasteiger partial charge in [0.05, 0.1) is 18.9 Å². The Morgan fingerprint density at radius 1 is 1.10 bits per heavy atom. The monoisotopic (exact) mass is 293 g/mol. The second kappa shape index (κ2) is 6.82. The largest absolute Gasteiger partial charge is 0.481 e. The summed E-state index contributed by atoms with van der Waals surface area (Å²) in [5, 5.41) is 34.9. The molecule has 0 saturated carbocycles. The van der Waals surface area contributed by atoms with Crippen LogP contribution in [0.4, 0.5) is 0 Å². The number of nitrogens with two attached hydrogens (primary N) is 1. The van der Waals surface area contributed by atoms with Crippen LogP contribution >= 0.6 is 0 Å². The van der Waals surface area contributed by atoms with Gasteiger partial charge in [-0.1, -0.05) is 0 Å². The molecule has 0 aromatic carbocycles. The predicted molar refractivity (Wildman–Crippen MR) is 61.0 cm³/mol. The van der Waals surface area contributed by atoms with Crippen LogP contribution in [0.15, 0.2) is 0 Å². The van der Waals surface area contributed by atoms with E-state index in [1.54, 1.807) is 0 Å². The second-order valence-electron chi connectivity index (χ2n) is 4.12. The van der Waals surface area contributed by atoms with Crippen molar-refractivity contribution in [3.63, 3.8) is 0 Å². The van der Waals surface area contributed by atoms with Crippen LogP contribution in [-0.4, -0.2) is 62.1 Å². The van der Waals surface area contributed by atoms with Crippen LogP contribution in [0.25, 0.3) is 0 Å². The molecule has 20 heavy (non-hydrogen) atoms. The third kappa shape index (κ3) is 4.82. The van der Waals surface area contributed by atoms with Crippen molar-refractivity contribution in [2.75, 3.05) is 0 Å². The lowest BCUT2D eigenvalue weighted by atomic mass is 9.90. The van der Waals surface area contributed by atoms with Gasteiger partial charge < -0.3 is 30.9 Å². The Balaban J connectivity index is 5.11. The van der Waals surface area contributed by atoms with Crippen LogP contribution in [0, 0.1) is 0 Å². The van der Waals surface area contributed by atoms with Gasteiger partial charge in [-0.2, -0.15) is 0 Å². The standard InChI is InChI=1S/C10H15NO9/c1-4(10(11,9(18)19)3-7(14)15)20-5(8(16)17)2-6(12)13/h4-5H,2-3,11H2,1H3,(H,12,13)(H,14,15)(H,16,17)(H,18,19). The smallest absolute Gasteiger partial charge is 0.333 e. The average Bonchev–Trinajstić information content (AvgIpc) is 2.25. The van der Waals surface area contributed by atoms with Gasteiger partial charge in [-0.05, 0) is 6.92 Å². The van der Waals surface area contributed by atoms with E-state index in [0.29, 0.717) is 0 Å². The normalized spacial score (nSPS) is 16.7. The number of hydrogen-bond acceptors (Lipinski definition) is 6. The summed E-state index contributed by atoms with van der Waals surface area (Å²) in [6, 6.07) is 0. The first-order chi connectivity index (χ1) is 9.00. The van der Waals surface area contributed by atoms with Crippen molar-refractivity contribution in [3.05, 3.63) is 0 Å². The maximum absolute atomic E-state index is 11.0. The van der Waals surface area contributed by atoms with Gasteiger partial charge >= 0.3 is 23.9 Å². The van der Waals surface area contributed by atoms with Crippen LogP contribution in [0.3, 0.4) is 0 Å². The molecule has 3 unspecified atom stereocenters. The van der Waals surface area contributed by atoms with E-state index in [1.807, 2.05) is 0 Å². The Bertz CT molecular complexity index is 421. The highest BCUT2D eigenvalue weighted by molar-refractivity contribution is 5.85. The Morgan fingerprint density at radius 2 is 1.60 bits per heavy atom. The molecule has 0 amide bonds. The van der Waals surface area contributed by atoms with Crippen molar-refractivity contribution in [2.45, 2.75) is 37.5 Å². The minimum absolute atomic E-state index is 0.914. The highest BCUT2D eigenvalue weighted by atomic mass is 16.5. The molecule has 114 valence electrons. The molecular weight excluding hydrogens is 278 g/mol. The van der Waals surface area contributed by atoms with Crippen LogP contribution in [0.2, 0.25) is 0 Å². The molecule has 0 aliphatic rings. The first kappa shape index (κ1) is 17.8. The van der Waals surface area contributed by atoms with E-state index in [2.05, 4.69) is 0 Å². The van der Waals surface area contributed by atoms with Crippen LogP contribution in [0.1, 0.15) is 19.8 Å². The van der Waals surface area contributed by atoms with Gasteiger partial charge in [-0.15, -0.1) is 0 Å². The summed E-state index contributed by atoms with van der Waals surface area (Å²) in [6.07, 6.45) is -5.29. The fourth-order valence-corrected chi connectivity index (χ4v) is 1.36. The fraction of sp³-hybridized carbons (Fsp3) is 0.600. The minimum atomic E-state index is -2.38. The zero-order valence-corrected chi connectivity index (χ0v) is 10.5. The van der Waals surface area contributed by atoms with Gasteiger partial charge in [-0.25, -0.2) is 4.79 Å². The number of hydrogen-bond donors (Lipinski definition) is 5. The quantitative estimate of drug-likeness (QED) is 0.337. The van der Waals surface area contributed by atoms with E-state index < -0.39 is 54.5 Å². The SMILES string of the molecule is CC(OC(CC(=O)O)C(=O)O)C(N)(CC(=O)O)C(=O)O. The Hall–Kier alpha value is -2.20. The van der Waals surface area contributed by atoms with Gasteiger partial charge in [0.25, 0.3) is 0 Å². The van der Waals surface area contributed by atoms with Crippen molar-refractivity contribution >= 4 is 23.9 Å². The molecule has 6 N–H and O–H groups in total. The lowest BCUT2D eigenvalue weighted by Crippen LogP contribution is -2.59. The zero-order chi connectivity index (χ0) is 16.1. The molecule has 0 saturated heterocycles. The highest BCUT2D eigenvalue weighted by Crippen LogP contribution is 2.19. The number of aliphatic carboxylic acids is 4. The number of ether oxygens (including phenoxy) is 1. The first-order valence-corrected chi connectivity index (χ1v) is 5.34. The Labute approximate surface area is 112 Å². The van der Waals surface area contributed by atoms with Crippen molar-refractivity contribution in [1.29, 1.82) is 0 Å². The summed E-state index contributed by atoms with van der Waals surface area (Å²) in [5.41, 5.74) is 3.04. The van der Waals surface area contributed by atoms with Crippen LogP contribution < -0.4 is 5.73 Å². The molecule has 0 aromatic rings. The molecule has 0 heterocycles. The number of carbonyl (C=O) groups is 4. The fourth-order valence-electron chi connectivity index (χ4n) is 1.36. The van der Waals surface area contributed by atoms with E-state index in [1.165, 1.54) is 0 Å². The van der Waals surface area contributed by atoms with Crippen molar-refractivity contribution in [2.24, 2.45) is 5.73 Å². The zero-order valence-electron chi connectivity index (χ0n) is 10.5. The Kier molecular flexibility index (Phi) is 6.07. The topological polar surface area (TPSA) is 184 Å². The minimum Gasteiger partial charge on any atom is -0.481 e. The number of carboxylic acid groups (broad SMARTS) is 4. The molecule has 3 atom stereocenters. The van der Waals surface area contributed by atoms with Gasteiger partial charge in [-0.3, -0.25) is 14.4 Å². The third-order valence-electron chi connectivity index (χ3n) is 2.57. The van der Waals surface area contributed by atoms with Gasteiger partial charge in [0.15, 0.2) is 11.6 Å². The van der Waals surface area contributed by atoms with Crippen molar-refractivity contribution < 1.29 is 44.3 Å². The molecule has 0 rings (SSSR count). The summed E-state index contributed by atoms with van der Waals surface area (Å²) in [5.74, 6) is -6.31. The molecular formula is C10H15NO9. The molecule has 0 aliphatic heterocycles. The van der Waals surface area contributed by atoms with Gasteiger partial charge in [0.2, 0.25) is 0 Å². The summed E-state index contributed by atoms with van der Waals surface area (Å²) in [6.45, 7) is 1.06. The summed E-state index contributed by atoms with van der Waals surface area (Å²) in [7, 11) is 0. The molecule has 10 heteroatoms.